The van der Waals surface area contributed by atoms with E-state index < -0.39 is 0 Å². The average molecular weight is 301 g/mol. The van der Waals surface area contributed by atoms with Gasteiger partial charge in [-0.05, 0) is 19.9 Å². The van der Waals surface area contributed by atoms with E-state index >= 15 is 0 Å². The molecule has 0 aromatic carbocycles. The minimum absolute atomic E-state index is 0.0911. The predicted molar refractivity (Wildman–Crippen MR) is 82.7 cm³/mol. The molecule has 0 amide bonds. The quantitative estimate of drug-likeness (QED) is 0.819. The van der Waals surface area contributed by atoms with Crippen molar-refractivity contribution >= 4 is 5.95 Å². The van der Waals surface area contributed by atoms with Crippen molar-refractivity contribution in [1.82, 2.24) is 19.5 Å². The second-order valence-electron chi connectivity index (χ2n) is 5.44. The summed E-state index contributed by atoms with van der Waals surface area (Å²) in [6, 6.07) is 3.39. The lowest BCUT2D eigenvalue weighted by Crippen LogP contribution is -2.50. The highest BCUT2D eigenvalue weighted by Gasteiger charge is 2.28. The third-order valence-corrected chi connectivity index (χ3v) is 4.10. The summed E-state index contributed by atoms with van der Waals surface area (Å²) in [6.45, 7) is 5.44. The highest BCUT2D eigenvalue weighted by atomic mass is 16.5. The topological polar surface area (TPSA) is 73.1 Å². The van der Waals surface area contributed by atoms with Crippen molar-refractivity contribution in [1.29, 1.82) is 0 Å². The minimum atomic E-state index is -0.107. The van der Waals surface area contributed by atoms with Crippen LogP contribution < -0.4 is 10.5 Å². The Balaban J connectivity index is 2.08. The van der Waals surface area contributed by atoms with Crippen LogP contribution in [0.5, 0.6) is 0 Å². The summed E-state index contributed by atoms with van der Waals surface area (Å²) in [5.74, 6) is 0.642. The summed E-state index contributed by atoms with van der Waals surface area (Å²) in [5, 5.41) is 0. The van der Waals surface area contributed by atoms with Crippen LogP contribution in [-0.4, -0.2) is 44.8 Å². The van der Waals surface area contributed by atoms with Crippen LogP contribution in [0.15, 0.2) is 29.5 Å². The maximum atomic E-state index is 12.3. The van der Waals surface area contributed by atoms with E-state index in [0.29, 0.717) is 30.5 Å². The van der Waals surface area contributed by atoms with Crippen LogP contribution in [0.3, 0.4) is 0 Å². The highest BCUT2D eigenvalue weighted by molar-refractivity contribution is 5.55. The molecule has 7 nitrogen and oxygen atoms in total. The number of anilines is 1. The molecular weight excluding hydrogens is 282 g/mol. The van der Waals surface area contributed by atoms with Crippen LogP contribution in [0, 0.1) is 0 Å². The summed E-state index contributed by atoms with van der Waals surface area (Å²) in [5.41, 5.74) is 1.10. The van der Waals surface area contributed by atoms with Crippen LogP contribution in [0.1, 0.15) is 13.8 Å². The standard InChI is InChI=1S/C15H19N5O2/c1-10-11(2)22-7-6-20(10)15-18-13(8-14(21)19(15)3)12-4-5-16-9-17-12/h4-5,8-11H,6-7H2,1-3H3/t10-,11+/m1/s1. The third kappa shape index (κ3) is 2.59. The van der Waals surface area contributed by atoms with Crippen molar-refractivity contribution in [2.24, 2.45) is 7.05 Å². The monoisotopic (exact) mass is 301 g/mol. The predicted octanol–water partition coefficient (Wildman–Crippen LogP) is 0.851. The molecule has 3 heterocycles. The van der Waals surface area contributed by atoms with Gasteiger partial charge >= 0.3 is 0 Å². The van der Waals surface area contributed by atoms with Gasteiger partial charge in [-0.25, -0.2) is 15.0 Å². The smallest absolute Gasteiger partial charge is 0.255 e. The first kappa shape index (κ1) is 14.6. The van der Waals surface area contributed by atoms with Crippen molar-refractivity contribution in [2.45, 2.75) is 26.0 Å². The molecular formula is C15H19N5O2. The van der Waals surface area contributed by atoms with Crippen molar-refractivity contribution in [3.8, 4) is 11.4 Å². The Morgan fingerprint density at radius 1 is 1.32 bits per heavy atom. The summed E-state index contributed by atoms with van der Waals surface area (Å²) >= 11 is 0. The average Bonchev–Trinajstić information content (AvgIpc) is 2.54. The van der Waals surface area contributed by atoms with Crippen molar-refractivity contribution < 1.29 is 4.74 Å². The Bertz CT molecular complexity index is 716. The first-order valence-corrected chi connectivity index (χ1v) is 7.30. The third-order valence-electron chi connectivity index (χ3n) is 4.10. The Labute approximate surface area is 128 Å². The van der Waals surface area contributed by atoms with E-state index in [1.54, 1.807) is 23.9 Å². The van der Waals surface area contributed by atoms with Gasteiger partial charge in [-0.15, -0.1) is 0 Å². The highest BCUT2D eigenvalue weighted by Crippen LogP contribution is 2.22. The number of morpholine rings is 1. The fourth-order valence-electron chi connectivity index (χ4n) is 2.57. The van der Waals surface area contributed by atoms with Gasteiger partial charge in [0.2, 0.25) is 5.95 Å². The number of ether oxygens (including phenoxy) is 1. The van der Waals surface area contributed by atoms with Gasteiger partial charge in [0.15, 0.2) is 0 Å². The zero-order chi connectivity index (χ0) is 15.7. The summed E-state index contributed by atoms with van der Waals surface area (Å²) in [7, 11) is 1.74. The maximum absolute atomic E-state index is 12.3. The van der Waals surface area contributed by atoms with Crippen LogP contribution in [0.25, 0.3) is 11.4 Å². The lowest BCUT2D eigenvalue weighted by molar-refractivity contribution is 0.0274. The Morgan fingerprint density at radius 3 is 2.86 bits per heavy atom. The van der Waals surface area contributed by atoms with E-state index in [2.05, 4.69) is 26.8 Å². The van der Waals surface area contributed by atoms with Gasteiger partial charge in [-0.3, -0.25) is 9.36 Å². The summed E-state index contributed by atoms with van der Waals surface area (Å²) in [4.78, 5) is 27.1. The van der Waals surface area contributed by atoms with E-state index in [4.69, 9.17) is 4.74 Å². The molecule has 1 fully saturated rings. The summed E-state index contributed by atoms with van der Waals surface area (Å²) in [6.07, 6.45) is 3.18. The molecule has 2 aromatic heterocycles. The molecule has 7 heteroatoms. The molecule has 0 N–H and O–H groups in total. The molecule has 0 radical (unpaired) electrons. The molecule has 1 aliphatic rings. The molecule has 2 aromatic rings. The molecule has 0 bridgehead atoms. The molecule has 0 aliphatic carbocycles. The normalized spacial score (nSPS) is 21.9. The van der Waals surface area contributed by atoms with Crippen LogP contribution in [0.2, 0.25) is 0 Å². The van der Waals surface area contributed by atoms with Gasteiger partial charge in [-0.1, -0.05) is 0 Å². The molecule has 2 atom stereocenters. The maximum Gasteiger partial charge on any atom is 0.255 e. The Morgan fingerprint density at radius 2 is 2.14 bits per heavy atom. The first-order chi connectivity index (χ1) is 10.6. The van der Waals surface area contributed by atoms with E-state index in [-0.39, 0.29) is 17.7 Å². The second kappa shape index (κ2) is 5.84. The zero-order valence-corrected chi connectivity index (χ0v) is 12.9. The molecule has 116 valence electrons. The van der Waals surface area contributed by atoms with Gasteiger partial charge in [0.25, 0.3) is 5.56 Å². The number of rotatable bonds is 2. The lowest BCUT2D eigenvalue weighted by atomic mass is 10.1. The van der Waals surface area contributed by atoms with Gasteiger partial charge in [-0.2, -0.15) is 0 Å². The van der Waals surface area contributed by atoms with Crippen molar-refractivity contribution in [3.05, 3.63) is 35.0 Å². The molecule has 22 heavy (non-hydrogen) atoms. The van der Waals surface area contributed by atoms with E-state index in [0.717, 1.165) is 0 Å². The van der Waals surface area contributed by atoms with Gasteiger partial charge in [0.1, 0.15) is 6.33 Å². The molecule has 0 unspecified atom stereocenters. The van der Waals surface area contributed by atoms with Gasteiger partial charge < -0.3 is 9.64 Å². The number of hydrogen-bond acceptors (Lipinski definition) is 6. The summed E-state index contributed by atoms with van der Waals surface area (Å²) < 4.78 is 7.22. The molecule has 0 spiro atoms. The van der Waals surface area contributed by atoms with Crippen LogP contribution >= 0.6 is 0 Å². The lowest BCUT2D eigenvalue weighted by Gasteiger charge is -2.39. The fraction of sp³-hybridized carbons (Fsp3) is 0.467. The van der Waals surface area contributed by atoms with E-state index in [1.807, 2.05) is 6.92 Å². The number of nitrogens with zero attached hydrogens (tertiary/aromatic N) is 5. The van der Waals surface area contributed by atoms with Gasteiger partial charge in [0.05, 0.1) is 30.1 Å². The molecule has 0 saturated carbocycles. The van der Waals surface area contributed by atoms with Gasteiger partial charge in [0, 0.05) is 25.9 Å². The molecule has 1 aliphatic heterocycles. The minimum Gasteiger partial charge on any atom is -0.375 e. The fourth-order valence-corrected chi connectivity index (χ4v) is 2.57. The van der Waals surface area contributed by atoms with Crippen molar-refractivity contribution in [3.63, 3.8) is 0 Å². The van der Waals surface area contributed by atoms with Crippen molar-refractivity contribution in [2.75, 3.05) is 18.1 Å². The SMILES string of the molecule is C[C@@H]1OCCN(c2nc(-c3ccncn3)cc(=O)n2C)[C@@H]1C. The Hall–Kier alpha value is -2.28. The zero-order valence-electron chi connectivity index (χ0n) is 12.9. The van der Waals surface area contributed by atoms with Crippen LogP contribution in [-0.2, 0) is 11.8 Å². The Kier molecular flexibility index (Phi) is 3.89. The van der Waals surface area contributed by atoms with Crippen LogP contribution in [0.4, 0.5) is 5.95 Å². The number of hydrogen-bond donors (Lipinski definition) is 0. The molecule has 1 saturated heterocycles. The molecule has 3 rings (SSSR count). The second-order valence-corrected chi connectivity index (χ2v) is 5.44. The van der Waals surface area contributed by atoms with E-state index in [9.17, 15) is 4.79 Å². The first-order valence-electron chi connectivity index (χ1n) is 7.30. The number of aromatic nitrogens is 4. The largest absolute Gasteiger partial charge is 0.375 e. The van der Waals surface area contributed by atoms with E-state index in [1.165, 1.54) is 12.4 Å².